The van der Waals surface area contributed by atoms with Crippen LogP contribution in [0.1, 0.15) is 17.7 Å². The highest BCUT2D eigenvalue weighted by atomic mass is 32.2. The van der Waals surface area contributed by atoms with Gasteiger partial charge in [-0.25, -0.2) is 22.3 Å². The molecule has 1 heterocycles. The molecule has 2 N–H and O–H groups in total. The first-order valence-electron chi connectivity index (χ1n) is 4.13. The average Bonchev–Trinajstić information content (AvgIpc) is 2.15. The minimum Gasteiger partial charge on any atom is -0.493 e. The third kappa shape index (κ3) is 2.27. The molecule has 0 aromatic carbocycles. The highest BCUT2D eigenvalue weighted by Gasteiger charge is 2.27. The molecule has 0 amide bonds. The zero-order valence-corrected chi connectivity index (χ0v) is 9.38. The van der Waals surface area contributed by atoms with E-state index in [4.69, 9.17) is 9.88 Å². The van der Waals surface area contributed by atoms with Gasteiger partial charge in [-0.3, -0.25) is 4.98 Å². The molecular formula is C8H10F2N2O3S. The van der Waals surface area contributed by atoms with Crippen molar-refractivity contribution >= 4 is 10.0 Å². The van der Waals surface area contributed by atoms with Crippen LogP contribution in [0.15, 0.2) is 11.1 Å². The van der Waals surface area contributed by atoms with E-state index in [0.29, 0.717) is 0 Å². The Bertz CT molecular complexity index is 502. The number of sulfonamides is 1. The van der Waals surface area contributed by atoms with Crippen molar-refractivity contribution in [2.24, 2.45) is 5.14 Å². The molecule has 0 spiro atoms. The van der Waals surface area contributed by atoms with Crippen LogP contribution in [0, 0.1) is 6.92 Å². The van der Waals surface area contributed by atoms with Crippen LogP contribution in [0.2, 0.25) is 0 Å². The predicted molar refractivity (Wildman–Crippen MR) is 51.9 cm³/mol. The van der Waals surface area contributed by atoms with Gasteiger partial charge in [0.05, 0.1) is 18.4 Å². The van der Waals surface area contributed by atoms with Gasteiger partial charge >= 0.3 is 0 Å². The number of ether oxygens (including phenoxy) is 1. The lowest BCUT2D eigenvalue weighted by molar-refractivity contribution is 0.146. The smallest absolute Gasteiger partial charge is 0.266 e. The number of hydrogen-bond donors (Lipinski definition) is 1. The number of nitrogens with two attached hydrogens (primary N) is 1. The van der Waals surface area contributed by atoms with Crippen LogP contribution in [0.25, 0.3) is 0 Å². The SMILES string of the molecule is COc1c(C)ncc(C(F)F)c1S(N)(=O)=O. The van der Waals surface area contributed by atoms with Crippen LogP contribution >= 0.6 is 0 Å². The Labute approximate surface area is 91.3 Å². The second-order valence-corrected chi connectivity index (χ2v) is 4.51. The molecule has 0 saturated heterocycles. The van der Waals surface area contributed by atoms with Gasteiger partial charge in [0.1, 0.15) is 4.90 Å². The van der Waals surface area contributed by atoms with E-state index in [1.165, 1.54) is 6.92 Å². The summed E-state index contributed by atoms with van der Waals surface area (Å²) >= 11 is 0. The van der Waals surface area contributed by atoms with Crippen LogP contribution in [0.3, 0.4) is 0 Å². The van der Waals surface area contributed by atoms with Crippen molar-refractivity contribution in [3.63, 3.8) is 0 Å². The molecule has 16 heavy (non-hydrogen) atoms. The molecule has 1 aromatic rings. The van der Waals surface area contributed by atoms with Crippen molar-refractivity contribution in [2.75, 3.05) is 7.11 Å². The standard InChI is InChI=1S/C8H10F2N2O3S/c1-4-6(15-2)7(16(11,13)14)5(3-12-4)8(9)10/h3,8H,1-2H3,(H2,11,13,14). The van der Waals surface area contributed by atoms with E-state index in [-0.39, 0.29) is 11.4 Å². The van der Waals surface area contributed by atoms with Crippen LogP contribution < -0.4 is 9.88 Å². The summed E-state index contributed by atoms with van der Waals surface area (Å²) in [6.07, 6.45) is -2.21. The van der Waals surface area contributed by atoms with Crippen molar-refractivity contribution in [3.8, 4) is 5.75 Å². The third-order valence-corrected chi connectivity index (χ3v) is 2.91. The van der Waals surface area contributed by atoms with Gasteiger partial charge < -0.3 is 4.74 Å². The maximum Gasteiger partial charge on any atom is 0.266 e. The number of aromatic nitrogens is 1. The summed E-state index contributed by atoms with van der Waals surface area (Å²) < 4.78 is 52.4. The maximum absolute atomic E-state index is 12.6. The van der Waals surface area contributed by atoms with E-state index in [9.17, 15) is 17.2 Å². The van der Waals surface area contributed by atoms with Crippen LogP contribution in [0.5, 0.6) is 5.75 Å². The first-order valence-corrected chi connectivity index (χ1v) is 5.68. The summed E-state index contributed by atoms with van der Waals surface area (Å²) in [5.41, 5.74) is -0.583. The van der Waals surface area contributed by atoms with Crippen LogP contribution in [-0.4, -0.2) is 20.5 Å². The summed E-state index contributed by atoms with van der Waals surface area (Å²) in [6, 6.07) is 0. The molecule has 0 unspecified atom stereocenters. The Morgan fingerprint density at radius 2 is 2.06 bits per heavy atom. The number of hydrogen-bond acceptors (Lipinski definition) is 4. The Hall–Kier alpha value is -1.28. The predicted octanol–water partition coefficient (Wildman–Crippen LogP) is 0.984. The van der Waals surface area contributed by atoms with Crippen molar-refractivity contribution in [1.82, 2.24) is 4.98 Å². The van der Waals surface area contributed by atoms with Gasteiger partial charge in [0, 0.05) is 6.20 Å². The number of nitrogens with zero attached hydrogens (tertiary/aromatic N) is 1. The van der Waals surface area contributed by atoms with E-state index < -0.39 is 26.9 Å². The van der Waals surface area contributed by atoms with Gasteiger partial charge in [-0.05, 0) is 6.92 Å². The number of primary sulfonamides is 1. The van der Waals surface area contributed by atoms with E-state index in [2.05, 4.69) is 4.98 Å². The fourth-order valence-electron chi connectivity index (χ4n) is 1.27. The molecular weight excluding hydrogens is 242 g/mol. The van der Waals surface area contributed by atoms with E-state index in [0.717, 1.165) is 13.3 Å². The van der Waals surface area contributed by atoms with Gasteiger partial charge in [-0.2, -0.15) is 0 Å². The molecule has 0 aliphatic heterocycles. The minimum atomic E-state index is -4.29. The van der Waals surface area contributed by atoms with Gasteiger partial charge in [0.25, 0.3) is 6.43 Å². The monoisotopic (exact) mass is 252 g/mol. The summed E-state index contributed by atoms with van der Waals surface area (Å²) in [4.78, 5) is 2.91. The Morgan fingerprint density at radius 1 is 1.50 bits per heavy atom. The highest BCUT2D eigenvalue weighted by molar-refractivity contribution is 7.89. The molecule has 5 nitrogen and oxygen atoms in total. The summed E-state index contributed by atoms with van der Waals surface area (Å²) in [5.74, 6) is -0.250. The molecule has 0 saturated carbocycles. The number of alkyl halides is 2. The second-order valence-electron chi connectivity index (χ2n) is 3.01. The Kier molecular flexibility index (Phi) is 3.44. The van der Waals surface area contributed by atoms with E-state index in [1.54, 1.807) is 0 Å². The van der Waals surface area contributed by atoms with Crippen molar-refractivity contribution in [2.45, 2.75) is 18.2 Å². The normalized spacial score (nSPS) is 11.9. The lowest BCUT2D eigenvalue weighted by Gasteiger charge is -2.12. The lowest BCUT2D eigenvalue weighted by Crippen LogP contribution is -2.17. The highest BCUT2D eigenvalue weighted by Crippen LogP contribution is 2.33. The fraction of sp³-hybridized carbons (Fsp3) is 0.375. The van der Waals surface area contributed by atoms with Crippen molar-refractivity contribution < 1.29 is 21.9 Å². The van der Waals surface area contributed by atoms with E-state index >= 15 is 0 Å². The molecule has 8 heteroatoms. The Morgan fingerprint density at radius 3 is 2.44 bits per heavy atom. The van der Waals surface area contributed by atoms with E-state index in [1.807, 2.05) is 0 Å². The zero-order chi connectivity index (χ0) is 12.5. The fourth-order valence-corrected chi connectivity index (χ4v) is 2.23. The zero-order valence-electron chi connectivity index (χ0n) is 8.57. The third-order valence-electron chi connectivity index (χ3n) is 1.92. The molecule has 0 aliphatic carbocycles. The maximum atomic E-state index is 12.6. The summed E-state index contributed by atoms with van der Waals surface area (Å²) in [7, 11) is -3.13. The molecule has 90 valence electrons. The summed E-state index contributed by atoms with van der Waals surface area (Å²) in [5, 5.41) is 4.87. The molecule has 1 rings (SSSR count). The Balaban J connectivity index is 3.68. The average molecular weight is 252 g/mol. The molecule has 0 bridgehead atoms. The van der Waals surface area contributed by atoms with Crippen molar-refractivity contribution in [1.29, 1.82) is 0 Å². The summed E-state index contributed by atoms with van der Waals surface area (Å²) in [6.45, 7) is 1.43. The molecule has 0 fully saturated rings. The molecule has 0 radical (unpaired) electrons. The lowest BCUT2D eigenvalue weighted by atomic mass is 10.2. The van der Waals surface area contributed by atoms with Crippen LogP contribution in [0.4, 0.5) is 8.78 Å². The van der Waals surface area contributed by atoms with Gasteiger partial charge in [0.2, 0.25) is 10.0 Å². The number of methoxy groups -OCH3 is 1. The molecule has 1 aromatic heterocycles. The molecule has 0 atom stereocenters. The number of aryl methyl sites for hydroxylation is 1. The van der Waals surface area contributed by atoms with Gasteiger partial charge in [-0.1, -0.05) is 0 Å². The van der Waals surface area contributed by atoms with Crippen molar-refractivity contribution in [3.05, 3.63) is 17.5 Å². The largest absolute Gasteiger partial charge is 0.493 e. The van der Waals surface area contributed by atoms with Gasteiger partial charge in [-0.15, -0.1) is 0 Å². The number of rotatable bonds is 3. The molecule has 0 aliphatic rings. The number of pyridine rings is 1. The minimum absolute atomic E-state index is 0.177. The number of halogens is 2. The van der Waals surface area contributed by atoms with Crippen LogP contribution in [-0.2, 0) is 10.0 Å². The topological polar surface area (TPSA) is 82.3 Å². The van der Waals surface area contributed by atoms with Gasteiger partial charge in [0.15, 0.2) is 5.75 Å². The quantitative estimate of drug-likeness (QED) is 0.869. The first kappa shape index (κ1) is 12.8. The second kappa shape index (κ2) is 4.30. The first-order chi connectivity index (χ1) is 7.29.